The molecule has 1 aromatic carbocycles. The number of amides is 1. The fourth-order valence-electron chi connectivity index (χ4n) is 4.22. The monoisotopic (exact) mass is 511 g/mol. The minimum Gasteiger partial charge on any atom is -0.509 e. The molecule has 188 valence electrons. The third-order valence-corrected chi connectivity index (χ3v) is 8.25. The predicted octanol–water partition coefficient (Wildman–Crippen LogP) is 3.48. The van der Waals surface area contributed by atoms with Gasteiger partial charge >= 0.3 is 0 Å². The van der Waals surface area contributed by atoms with E-state index in [9.17, 15) is 23.2 Å². The summed E-state index contributed by atoms with van der Waals surface area (Å²) in [5, 5.41) is 14.8. The van der Waals surface area contributed by atoms with Gasteiger partial charge in [-0.3, -0.25) is 9.52 Å². The Hall–Kier alpha value is -2.16. The number of anilines is 2. The highest BCUT2D eigenvalue weighted by Crippen LogP contribution is 2.56. The molecule has 0 fully saturated rings. The van der Waals surface area contributed by atoms with Gasteiger partial charge in [0.25, 0.3) is 13.5 Å². The van der Waals surface area contributed by atoms with Crippen molar-refractivity contribution in [2.75, 3.05) is 29.5 Å². The third kappa shape index (κ3) is 5.56. The molecule has 3 rings (SSSR count). The average Bonchev–Trinajstić information content (AvgIpc) is 2.88. The molecule has 0 aromatic heterocycles. The summed E-state index contributed by atoms with van der Waals surface area (Å²) in [6.45, 7) is 14.3. The van der Waals surface area contributed by atoms with Crippen LogP contribution in [0.3, 0.4) is 0 Å². The van der Waals surface area contributed by atoms with Gasteiger partial charge in [0.05, 0.1) is 23.7 Å². The van der Waals surface area contributed by atoms with Gasteiger partial charge in [-0.2, -0.15) is 0 Å². The van der Waals surface area contributed by atoms with E-state index < -0.39 is 29.1 Å². The normalized spacial score (nSPS) is 23.6. The van der Waals surface area contributed by atoms with Crippen LogP contribution >= 0.6 is 7.64 Å². The fourth-order valence-corrected chi connectivity index (χ4v) is 6.39. The minimum absolute atomic E-state index is 0.00749. The maximum Gasteiger partial charge on any atom is 0.292 e. The number of benzene rings is 1. The van der Waals surface area contributed by atoms with Gasteiger partial charge in [0, 0.05) is 12.6 Å². The molecule has 0 saturated carbocycles. The Morgan fingerprint density at radius 1 is 1.21 bits per heavy atom. The van der Waals surface area contributed by atoms with E-state index in [0.717, 1.165) is 12.7 Å². The van der Waals surface area contributed by atoms with Crippen LogP contribution in [0.5, 0.6) is 0 Å². The summed E-state index contributed by atoms with van der Waals surface area (Å²) in [5.74, 6) is -0.257. The van der Waals surface area contributed by atoms with Crippen LogP contribution in [-0.4, -0.2) is 60.6 Å². The number of fused-ring (bicyclic) bond motifs is 1. The van der Waals surface area contributed by atoms with Crippen molar-refractivity contribution in [1.82, 2.24) is 4.90 Å². The highest BCUT2D eigenvalue weighted by atomic mass is 32.2. The number of sulfonamides is 1. The number of nitrogens with one attached hydrogen (secondary N) is 2. The van der Waals surface area contributed by atoms with E-state index >= 15 is 0 Å². The first kappa shape index (κ1) is 26.4. The van der Waals surface area contributed by atoms with Crippen LogP contribution in [0.4, 0.5) is 11.4 Å². The van der Waals surface area contributed by atoms with Crippen molar-refractivity contribution in [3.05, 3.63) is 29.5 Å². The molecule has 1 aromatic rings. The van der Waals surface area contributed by atoms with Gasteiger partial charge in [-0.15, -0.1) is 0 Å². The summed E-state index contributed by atoms with van der Waals surface area (Å²) in [6.07, 6.45) is 1.81. The van der Waals surface area contributed by atoms with E-state index in [4.69, 9.17) is 0 Å². The second kappa shape index (κ2) is 8.50. The molecule has 2 atom stereocenters. The molecule has 0 radical (unpaired) electrons. The van der Waals surface area contributed by atoms with Crippen LogP contribution in [0.1, 0.15) is 48.0 Å². The van der Waals surface area contributed by atoms with Gasteiger partial charge in [-0.1, -0.05) is 46.3 Å². The lowest BCUT2D eigenvalue weighted by Crippen LogP contribution is -2.45. The molecule has 2 heterocycles. The average molecular weight is 512 g/mol. The minimum atomic E-state index is -3.49. The number of rotatable bonds is 5. The SMILES string of the molecule is CC(C)(C)CCN1C(=O)C(C2=N[P+](C)(O)c3cc(NS(C)(=O)=O)ccc3N2)=C(O)[C@@H]1C(C)(C)C. The molecule has 1 unspecified atom stereocenters. The number of hydrogen-bond donors (Lipinski definition) is 4. The van der Waals surface area contributed by atoms with E-state index in [2.05, 4.69) is 35.6 Å². The summed E-state index contributed by atoms with van der Waals surface area (Å²) >= 11 is 0. The van der Waals surface area contributed by atoms with Crippen LogP contribution in [0.2, 0.25) is 0 Å². The van der Waals surface area contributed by atoms with Gasteiger partial charge < -0.3 is 15.3 Å². The van der Waals surface area contributed by atoms with Crippen LogP contribution < -0.4 is 15.3 Å². The van der Waals surface area contributed by atoms with Crippen LogP contribution in [0.15, 0.2) is 34.3 Å². The van der Waals surface area contributed by atoms with Crippen molar-refractivity contribution in [3.8, 4) is 0 Å². The molecule has 34 heavy (non-hydrogen) atoms. The second-order valence-corrected chi connectivity index (χ2v) is 15.7. The maximum atomic E-state index is 13.6. The van der Waals surface area contributed by atoms with E-state index in [-0.39, 0.29) is 28.5 Å². The molecular formula is C23H36N4O5PS+. The van der Waals surface area contributed by atoms with Crippen LogP contribution in [-0.2, 0) is 14.8 Å². The Morgan fingerprint density at radius 3 is 2.35 bits per heavy atom. The molecule has 9 nitrogen and oxygen atoms in total. The zero-order valence-electron chi connectivity index (χ0n) is 21.1. The van der Waals surface area contributed by atoms with Gasteiger partial charge in [0.2, 0.25) is 10.0 Å². The van der Waals surface area contributed by atoms with E-state index in [0.29, 0.717) is 23.2 Å². The molecule has 0 bridgehead atoms. The van der Waals surface area contributed by atoms with Gasteiger partial charge in [-0.05, 0) is 29.4 Å². The zero-order valence-corrected chi connectivity index (χ0v) is 22.8. The van der Waals surface area contributed by atoms with E-state index in [1.807, 2.05) is 20.8 Å². The van der Waals surface area contributed by atoms with Crippen molar-refractivity contribution in [2.45, 2.75) is 54.0 Å². The number of amidine groups is 1. The fraction of sp³-hybridized carbons (Fsp3) is 0.565. The molecule has 0 aliphatic carbocycles. The predicted molar refractivity (Wildman–Crippen MR) is 139 cm³/mol. The van der Waals surface area contributed by atoms with Crippen LogP contribution in [0, 0.1) is 10.8 Å². The Bertz CT molecular complexity index is 1180. The third-order valence-electron chi connectivity index (χ3n) is 5.77. The first-order valence-corrected chi connectivity index (χ1v) is 15.2. The first-order chi connectivity index (χ1) is 15.3. The molecule has 2 aliphatic heterocycles. The summed E-state index contributed by atoms with van der Waals surface area (Å²) in [6, 6.07) is 4.21. The Kier molecular flexibility index (Phi) is 6.61. The highest BCUT2D eigenvalue weighted by Gasteiger charge is 2.50. The Labute approximate surface area is 202 Å². The number of carbonyl (C=O) groups excluding carboxylic acids is 1. The lowest BCUT2D eigenvalue weighted by Gasteiger charge is -2.36. The first-order valence-electron chi connectivity index (χ1n) is 11.1. The molecule has 11 heteroatoms. The van der Waals surface area contributed by atoms with Gasteiger partial charge in [-0.25, -0.2) is 13.3 Å². The lowest BCUT2D eigenvalue weighted by atomic mass is 9.84. The second-order valence-electron chi connectivity index (χ2n) is 11.4. The summed E-state index contributed by atoms with van der Waals surface area (Å²) in [4.78, 5) is 26.5. The number of hydrogen-bond acceptors (Lipinski definition) is 7. The summed E-state index contributed by atoms with van der Waals surface area (Å²) < 4.78 is 30.1. The number of aliphatic hydroxyl groups excluding tert-OH is 1. The largest absolute Gasteiger partial charge is 0.509 e. The molecule has 0 spiro atoms. The smallest absolute Gasteiger partial charge is 0.292 e. The highest BCUT2D eigenvalue weighted by molar-refractivity contribution is 7.92. The molecule has 4 N–H and O–H groups in total. The van der Waals surface area contributed by atoms with Crippen molar-refractivity contribution in [1.29, 1.82) is 0 Å². The van der Waals surface area contributed by atoms with Crippen molar-refractivity contribution >= 4 is 46.1 Å². The number of carbonyl (C=O) groups is 1. The molecule has 2 aliphatic rings. The van der Waals surface area contributed by atoms with Gasteiger partial charge in [0.15, 0.2) is 11.1 Å². The van der Waals surface area contributed by atoms with Crippen molar-refractivity contribution in [2.24, 2.45) is 15.6 Å². The summed E-state index contributed by atoms with van der Waals surface area (Å²) in [7, 11) is -6.62. The maximum absolute atomic E-state index is 13.6. The zero-order chi connectivity index (χ0) is 25.9. The number of aliphatic hydroxyl groups is 1. The standard InChI is InChI=1S/C23H35N4O5PS/c1-22(2,3)11-12-27-19(23(4,5)6)18(28)17(21(27)29)20-24-15-10-9-14(26-34(8,31)32)13-16(15)33(7,30)25-20/h9-10,13,19,26,30H,11-12H2,1-8H3,(H-,24,25,28,29)/p+1/t19-,33?/m1/s1. The van der Waals surface area contributed by atoms with Crippen LogP contribution in [0.25, 0.3) is 0 Å². The quantitative estimate of drug-likeness (QED) is 0.448. The topological polar surface area (TPSA) is 131 Å². The Balaban J connectivity index is 2.02. The summed E-state index contributed by atoms with van der Waals surface area (Å²) in [5.41, 5.74) is 0.473. The van der Waals surface area contributed by atoms with Crippen molar-refractivity contribution < 1.29 is 23.2 Å². The molecule has 0 saturated heterocycles. The lowest BCUT2D eigenvalue weighted by molar-refractivity contribution is -0.128. The van der Waals surface area contributed by atoms with E-state index in [1.54, 1.807) is 23.7 Å². The number of nitrogens with zero attached hydrogens (tertiary/aromatic N) is 2. The molecular weight excluding hydrogens is 475 g/mol. The van der Waals surface area contributed by atoms with E-state index in [1.165, 1.54) is 6.07 Å². The molecule has 1 amide bonds. The van der Waals surface area contributed by atoms with Crippen molar-refractivity contribution in [3.63, 3.8) is 0 Å². The van der Waals surface area contributed by atoms with Gasteiger partial charge in [0.1, 0.15) is 18.0 Å². The Morgan fingerprint density at radius 2 is 1.82 bits per heavy atom.